The number of hydrogen-bond acceptors (Lipinski definition) is 2. The standard InChI is InChI=1S/C14H14ClFN2/c15-11-7-4-8-12(16)14(11)13(9-17)18-10-5-2-1-3-6-10/h1-8,13,18H,9,17H2. The zero-order valence-electron chi connectivity index (χ0n) is 9.74. The molecule has 18 heavy (non-hydrogen) atoms. The molecular formula is C14H14ClFN2. The van der Waals surface area contributed by atoms with E-state index in [-0.39, 0.29) is 18.4 Å². The van der Waals surface area contributed by atoms with Crippen LogP contribution in [0.15, 0.2) is 48.5 Å². The molecule has 0 aliphatic carbocycles. The third-order valence-corrected chi connectivity index (χ3v) is 3.03. The molecule has 0 saturated heterocycles. The van der Waals surface area contributed by atoms with Gasteiger partial charge < -0.3 is 11.1 Å². The van der Waals surface area contributed by atoms with Gasteiger partial charge in [0.25, 0.3) is 0 Å². The van der Waals surface area contributed by atoms with Crippen LogP contribution in [0.1, 0.15) is 11.6 Å². The average Bonchev–Trinajstić information content (AvgIpc) is 2.38. The Labute approximate surface area is 111 Å². The van der Waals surface area contributed by atoms with Crippen LogP contribution in [0.5, 0.6) is 0 Å². The SMILES string of the molecule is NCC(Nc1ccccc1)c1c(F)cccc1Cl. The minimum Gasteiger partial charge on any atom is -0.377 e. The first-order valence-corrected chi connectivity index (χ1v) is 6.05. The fraction of sp³-hybridized carbons (Fsp3) is 0.143. The second kappa shape index (κ2) is 5.85. The molecule has 1 unspecified atom stereocenters. The van der Waals surface area contributed by atoms with Crippen molar-refractivity contribution >= 4 is 17.3 Å². The van der Waals surface area contributed by atoms with Crippen LogP contribution in [0, 0.1) is 5.82 Å². The molecule has 0 fully saturated rings. The Morgan fingerprint density at radius 3 is 2.44 bits per heavy atom. The predicted octanol–water partition coefficient (Wildman–Crippen LogP) is 3.59. The number of para-hydroxylation sites is 1. The van der Waals surface area contributed by atoms with Gasteiger partial charge in [0.05, 0.1) is 6.04 Å². The Morgan fingerprint density at radius 1 is 1.11 bits per heavy atom. The molecule has 0 aliphatic rings. The number of benzene rings is 2. The molecule has 0 heterocycles. The molecule has 0 aromatic heterocycles. The van der Waals surface area contributed by atoms with Gasteiger partial charge in [-0.3, -0.25) is 0 Å². The van der Waals surface area contributed by atoms with Crippen molar-refractivity contribution in [2.24, 2.45) is 5.73 Å². The number of nitrogens with two attached hydrogens (primary N) is 1. The molecule has 2 nitrogen and oxygen atoms in total. The minimum atomic E-state index is -0.346. The third-order valence-electron chi connectivity index (χ3n) is 2.70. The van der Waals surface area contributed by atoms with E-state index in [2.05, 4.69) is 5.32 Å². The average molecular weight is 265 g/mol. The maximum absolute atomic E-state index is 13.8. The fourth-order valence-corrected chi connectivity index (χ4v) is 2.12. The molecule has 0 radical (unpaired) electrons. The molecule has 94 valence electrons. The summed E-state index contributed by atoms with van der Waals surface area (Å²) in [5.41, 5.74) is 6.99. The van der Waals surface area contributed by atoms with Gasteiger partial charge in [0, 0.05) is 22.8 Å². The molecular weight excluding hydrogens is 251 g/mol. The highest BCUT2D eigenvalue weighted by atomic mass is 35.5. The van der Waals surface area contributed by atoms with E-state index in [4.69, 9.17) is 17.3 Å². The van der Waals surface area contributed by atoms with Crippen molar-refractivity contribution in [1.82, 2.24) is 0 Å². The quantitative estimate of drug-likeness (QED) is 0.886. The number of rotatable bonds is 4. The van der Waals surface area contributed by atoms with Gasteiger partial charge in [0.15, 0.2) is 0 Å². The first kappa shape index (κ1) is 12.9. The van der Waals surface area contributed by atoms with Gasteiger partial charge in [0.2, 0.25) is 0 Å². The summed E-state index contributed by atoms with van der Waals surface area (Å²) in [6.45, 7) is 0.259. The third kappa shape index (κ3) is 2.81. The van der Waals surface area contributed by atoms with Crippen LogP contribution in [0.4, 0.5) is 10.1 Å². The molecule has 0 saturated carbocycles. The molecule has 2 aromatic rings. The Balaban J connectivity index is 2.29. The van der Waals surface area contributed by atoms with Crippen LogP contribution in [0.25, 0.3) is 0 Å². The molecule has 0 aliphatic heterocycles. The van der Waals surface area contributed by atoms with Crippen LogP contribution in [0.2, 0.25) is 5.02 Å². The molecule has 0 bridgehead atoms. The number of halogens is 2. The summed E-state index contributed by atoms with van der Waals surface area (Å²) in [6.07, 6.45) is 0. The normalized spacial score (nSPS) is 12.2. The highest BCUT2D eigenvalue weighted by Gasteiger charge is 2.17. The summed E-state index contributed by atoms with van der Waals surface area (Å²) in [5, 5.41) is 3.56. The van der Waals surface area contributed by atoms with E-state index >= 15 is 0 Å². The highest BCUT2D eigenvalue weighted by Crippen LogP contribution is 2.27. The molecule has 1 atom stereocenters. The van der Waals surface area contributed by atoms with Gasteiger partial charge in [-0.1, -0.05) is 35.9 Å². The molecule has 0 amide bonds. The highest BCUT2D eigenvalue weighted by molar-refractivity contribution is 6.31. The van der Waals surface area contributed by atoms with E-state index in [0.717, 1.165) is 5.69 Å². The first-order chi connectivity index (χ1) is 8.72. The lowest BCUT2D eigenvalue weighted by Crippen LogP contribution is -2.22. The topological polar surface area (TPSA) is 38.0 Å². The molecule has 2 rings (SSSR count). The smallest absolute Gasteiger partial charge is 0.130 e. The van der Waals surface area contributed by atoms with E-state index in [1.165, 1.54) is 6.07 Å². The lowest BCUT2D eigenvalue weighted by Gasteiger charge is -2.20. The fourth-order valence-electron chi connectivity index (χ4n) is 1.83. The van der Waals surface area contributed by atoms with Crippen LogP contribution in [-0.4, -0.2) is 6.54 Å². The van der Waals surface area contributed by atoms with Crippen LogP contribution >= 0.6 is 11.6 Å². The van der Waals surface area contributed by atoms with E-state index in [1.807, 2.05) is 30.3 Å². The Bertz CT molecular complexity index is 496. The summed E-state index contributed by atoms with van der Waals surface area (Å²) in [5.74, 6) is -0.346. The van der Waals surface area contributed by atoms with E-state index < -0.39 is 0 Å². The monoisotopic (exact) mass is 264 g/mol. The summed E-state index contributed by atoms with van der Waals surface area (Å²) in [7, 11) is 0. The maximum Gasteiger partial charge on any atom is 0.130 e. The van der Waals surface area contributed by atoms with Gasteiger partial charge >= 0.3 is 0 Å². The minimum absolute atomic E-state index is 0.259. The van der Waals surface area contributed by atoms with Crippen molar-refractivity contribution < 1.29 is 4.39 Å². The van der Waals surface area contributed by atoms with Crippen molar-refractivity contribution in [2.75, 3.05) is 11.9 Å². The van der Waals surface area contributed by atoms with Crippen LogP contribution in [-0.2, 0) is 0 Å². The van der Waals surface area contributed by atoms with Gasteiger partial charge in [-0.05, 0) is 24.3 Å². The van der Waals surface area contributed by atoms with Crippen LogP contribution in [0.3, 0.4) is 0 Å². The van der Waals surface area contributed by atoms with E-state index in [1.54, 1.807) is 12.1 Å². The maximum atomic E-state index is 13.8. The lowest BCUT2D eigenvalue weighted by atomic mass is 10.1. The van der Waals surface area contributed by atoms with Gasteiger partial charge in [-0.15, -0.1) is 0 Å². The number of anilines is 1. The number of nitrogens with one attached hydrogen (secondary N) is 1. The largest absolute Gasteiger partial charge is 0.377 e. The summed E-state index contributed by atoms with van der Waals surface area (Å²) >= 11 is 6.03. The first-order valence-electron chi connectivity index (χ1n) is 5.68. The van der Waals surface area contributed by atoms with E-state index in [0.29, 0.717) is 10.6 Å². The second-order valence-electron chi connectivity index (χ2n) is 3.93. The van der Waals surface area contributed by atoms with Crippen molar-refractivity contribution in [3.63, 3.8) is 0 Å². The Hall–Kier alpha value is -1.58. The van der Waals surface area contributed by atoms with Crippen LogP contribution < -0.4 is 11.1 Å². The lowest BCUT2D eigenvalue weighted by molar-refractivity contribution is 0.593. The van der Waals surface area contributed by atoms with Crippen molar-refractivity contribution in [3.05, 3.63) is 64.9 Å². The summed E-state index contributed by atoms with van der Waals surface area (Å²) < 4.78 is 13.8. The van der Waals surface area contributed by atoms with Gasteiger partial charge in [-0.2, -0.15) is 0 Å². The molecule has 3 N–H and O–H groups in total. The number of hydrogen-bond donors (Lipinski definition) is 2. The Kier molecular flexibility index (Phi) is 4.18. The predicted molar refractivity (Wildman–Crippen MR) is 73.3 cm³/mol. The molecule has 0 spiro atoms. The summed E-state index contributed by atoms with van der Waals surface area (Å²) in [6, 6.07) is 13.8. The van der Waals surface area contributed by atoms with Crippen molar-refractivity contribution in [1.29, 1.82) is 0 Å². The van der Waals surface area contributed by atoms with Gasteiger partial charge in [-0.25, -0.2) is 4.39 Å². The second-order valence-corrected chi connectivity index (χ2v) is 4.34. The molecule has 4 heteroatoms. The summed E-state index contributed by atoms with van der Waals surface area (Å²) in [4.78, 5) is 0. The zero-order chi connectivity index (χ0) is 13.0. The van der Waals surface area contributed by atoms with E-state index in [9.17, 15) is 4.39 Å². The van der Waals surface area contributed by atoms with Crippen molar-refractivity contribution in [2.45, 2.75) is 6.04 Å². The molecule has 2 aromatic carbocycles. The van der Waals surface area contributed by atoms with Gasteiger partial charge in [0.1, 0.15) is 5.82 Å². The zero-order valence-corrected chi connectivity index (χ0v) is 10.5. The van der Waals surface area contributed by atoms with Crippen molar-refractivity contribution in [3.8, 4) is 0 Å². The Morgan fingerprint density at radius 2 is 1.83 bits per heavy atom.